The average molecular weight is 580 g/mol. The summed E-state index contributed by atoms with van der Waals surface area (Å²) in [5, 5.41) is 1.30. The van der Waals surface area contributed by atoms with Crippen molar-refractivity contribution in [2.45, 2.75) is 149 Å². The summed E-state index contributed by atoms with van der Waals surface area (Å²) in [5.74, 6) is 0. The van der Waals surface area contributed by atoms with Gasteiger partial charge in [-0.1, -0.05) is 58.3 Å². The van der Waals surface area contributed by atoms with Crippen LogP contribution in [0, 0.1) is 0 Å². The van der Waals surface area contributed by atoms with Crippen LogP contribution in [-0.2, 0) is 0 Å². The lowest BCUT2D eigenvalue weighted by molar-refractivity contribution is 0.366. The molecule has 0 saturated carbocycles. The Morgan fingerprint density at radius 1 is 0.444 bits per heavy atom. The molecular formula is C24H56B2F8P2. The van der Waals surface area contributed by atoms with Crippen LogP contribution in [-0.4, -0.2) is 36.1 Å². The summed E-state index contributed by atoms with van der Waals surface area (Å²) < 4.78 is 78.0. The summed E-state index contributed by atoms with van der Waals surface area (Å²) >= 11 is 0. The lowest BCUT2D eigenvalue weighted by atomic mass is 10.1. The lowest BCUT2D eigenvalue weighted by Gasteiger charge is -2.54. The Kier molecular flexibility index (Phi) is 22.5. The highest BCUT2D eigenvalue weighted by Gasteiger charge is 2.63. The largest absolute Gasteiger partial charge is 0.673 e. The van der Waals surface area contributed by atoms with Crippen molar-refractivity contribution >= 4 is 31.7 Å². The van der Waals surface area contributed by atoms with Crippen molar-refractivity contribution in [3.8, 4) is 0 Å². The van der Waals surface area contributed by atoms with Gasteiger partial charge in [0.15, 0.2) is 0 Å². The third kappa shape index (κ3) is 23.5. The second kappa shape index (κ2) is 18.7. The zero-order valence-corrected chi connectivity index (χ0v) is 27.8. The molecule has 224 valence electrons. The number of hydrogen-bond acceptors (Lipinski definition) is 0. The van der Waals surface area contributed by atoms with Crippen LogP contribution in [0.5, 0.6) is 0 Å². The molecular weight excluding hydrogens is 524 g/mol. The van der Waals surface area contributed by atoms with Crippen LogP contribution < -0.4 is 0 Å². The Balaban J connectivity index is -0.000000390. The Hall–Kier alpha value is 0.430. The van der Waals surface area contributed by atoms with Crippen molar-refractivity contribution in [1.82, 2.24) is 0 Å². The monoisotopic (exact) mass is 580 g/mol. The van der Waals surface area contributed by atoms with E-state index in [-0.39, 0.29) is 9.90 Å². The van der Waals surface area contributed by atoms with Crippen LogP contribution in [0.1, 0.15) is 133 Å². The number of rotatable bonds is 11. The topological polar surface area (TPSA) is 0 Å². The summed E-state index contributed by atoms with van der Waals surface area (Å²) in [6.07, 6.45) is 15.9. The van der Waals surface area contributed by atoms with Gasteiger partial charge in [0.2, 0.25) is 0 Å². The maximum absolute atomic E-state index is 9.75. The quantitative estimate of drug-likeness (QED) is 0.0988. The van der Waals surface area contributed by atoms with Crippen molar-refractivity contribution in [3.05, 3.63) is 0 Å². The van der Waals surface area contributed by atoms with Crippen LogP contribution in [0.25, 0.3) is 0 Å². The van der Waals surface area contributed by atoms with Gasteiger partial charge in [-0.25, -0.2) is 0 Å². The van der Waals surface area contributed by atoms with Crippen LogP contribution in [0.2, 0.25) is 0 Å². The molecule has 0 spiro atoms. The van der Waals surface area contributed by atoms with E-state index in [2.05, 4.69) is 69.2 Å². The number of hydrogen-bond donors (Lipinski definition) is 0. The highest BCUT2D eigenvalue weighted by Crippen LogP contribution is 2.83. The molecule has 1 unspecified atom stereocenters. The molecule has 0 fully saturated rings. The van der Waals surface area contributed by atoms with Crippen LogP contribution in [0.15, 0.2) is 0 Å². The first kappa shape index (κ1) is 43.5. The van der Waals surface area contributed by atoms with Crippen molar-refractivity contribution in [3.63, 3.8) is 0 Å². The molecule has 0 saturated heterocycles. The van der Waals surface area contributed by atoms with E-state index in [9.17, 15) is 34.5 Å². The van der Waals surface area contributed by atoms with Crippen LogP contribution in [0.3, 0.4) is 0 Å². The Morgan fingerprint density at radius 2 is 0.639 bits per heavy atom. The van der Waals surface area contributed by atoms with Crippen molar-refractivity contribution in [2.24, 2.45) is 0 Å². The van der Waals surface area contributed by atoms with E-state index >= 15 is 0 Å². The van der Waals surface area contributed by atoms with E-state index < -0.39 is 21.8 Å². The van der Waals surface area contributed by atoms with Gasteiger partial charge in [0.05, 0.1) is 21.6 Å². The Labute approximate surface area is 221 Å². The molecule has 36 heavy (non-hydrogen) atoms. The average Bonchev–Trinajstić information content (AvgIpc) is 2.53. The maximum Gasteiger partial charge on any atom is 0.673 e. The molecule has 12 heteroatoms. The first-order valence-corrected chi connectivity index (χ1v) is 14.9. The summed E-state index contributed by atoms with van der Waals surface area (Å²) in [5.41, 5.74) is 0. The Morgan fingerprint density at radius 3 is 0.833 bits per heavy atom. The summed E-state index contributed by atoms with van der Waals surface area (Å²) in [6, 6.07) is 0. The van der Waals surface area contributed by atoms with Gasteiger partial charge in [-0.15, -0.1) is 0 Å². The molecule has 0 aliphatic carbocycles. The standard InChI is InChI=1S/C24H52P.2BF4.H3P/c1-11-12-13-14-15-16-17-18-19-20-21-25(22(2,3)4,23(5,6)7)24(8,9)10;2*2-1(3,4)5;/h11-21H2,1-10H3;;;1H3/q+1;2*-1;/p+1. The predicted octanol–water partition coefficient (Wildman–Crippen LogP) is 11.7. The molecule has 0 heterocycles. The molecule has 0 nitrogen and oxygen atoms in total. The fourth-order valence-electron chi connectivity index (χ4n) is 5.86. The molecule has 0 N–H and O–H groups in total. The zero-order valence-electron chi connectivity index (χ0n) is 24.9. The van der Waals surface area contributed by atoms with Gasteiger partial charge in [-0.2, -0.15) is 0 Å². The third-order valence-corrected chi connectivity index (χ3v) is 14.1. The van der Waals surface area contributed by atoms with Gasteiger partial charge in [0.25, 0.3) is 0 Å². The van der Waals surface area contributed by atoms with Crippen LogP contribution in [0.4, 0.5) is 34.5 Å². The SMILES string of the molecule is CCCCCCCCCCCC[P+](C(C)(C)C)(C(C)(C)C)C(C)(C)C.F[B-](F)(F)F.F[B-](F)(F)F.[PH4+]. The van der Waals surface area contributed by atoms with Gasteiger partial charge in [0, 0.05) is 7.26 Å². The molecule has 0 aromatic heterocycles. The smallest absolute Gasteiger partial charge is 0.418 e. The lowest BCUT2D eigenvalue weighted by Crippen LogP contribution is -2.45. The second-order valence-electron chi connectivity index (χ2n) is 12.2. The second-order valence-corrected chi connectivity index (χ2v) is 18.3. The summed E-state index contributed by atoms with van der Waals surface area (Å²) in [7, 11) is -13.1. The van der Waals surface area contributed by atoms with Gasteiger partial charge in [0.1, 0.15) is 0 Å². The molecule has 0 rings (SSSR count). The Bertz CT molecular complexity index is 461. The third-order valence-electron chi connectivity index (χ3n) is 6.28. The first-order valence-electron chi connectivity index (χ1n) is 12.9. The van der Waals surface area contributed by atoms with Gasteiger partial charge in [-0.3, -0.25) is 0 Å². The minimum atomic E-state index is -6.00. The summed E-state index contributed by atoms with van der Waals surface area (Å²) in [6.45, 7) is 25.0. The van der Waals surface area contributed by atoms with E-state index in [1.807, 2.05) is 0 Å². The highest BCUT2D eigenvalue weighted by atomic mass is 31.2. The van der Waals surface area contributed by atoms with E-state index in [0.29, 0.717) is 15.5 Å². The minimum absolute atomic E-state index is 0. The molecule has 0 amide bonds. The van der Waals surface area contributed by atoms with Crippen molar-refractivity contribution < 1.29 is 34.5 Å². The van der Waals surface area contributed by atoms with E-state index in [0.717, 1.165) is 0 Å². The summed E-state index contributed by atoms with van der Waals surface area (Å²) in [4.78, 5) is 0. The van der Waals surface area contributed by atoms with E-state index in [1.54, 1.807) is 0 Å². The number of unbranched alkanes of at least 4 members (excludes halogenated alkanes) is 9. The van der Waals surface area contributed by atoms with Gasteiger partial charge >= 0.3 is 14.5 Å². The first-order chi connectivity index (χ1) is 15.3. The highest BCUT2D eigenvalue weighted by molar-refractivity contribution is 7.80. The molecule has 0 aliphatic heterocycles. The van der Waals surface area contributed by atoms with E-state index in [4.69, 9.17) is 0 Å². The molecule has 0 aromatic rings. The van der Waals surface area contributed by atoms with Crippen molar-refractivity contribution in [1.29, 1.82) is 0 Å². The molecule has 0 aromatic carbocycles. The molecule has 1 atom stereocenters. The van der Waals surface area contributed by atoms with Crippen molar-refractivity contribution in [2.75, 3.05) is 6.16 Å². The molecule has 0 radical (unpaired) electrons. The number of halogens is 8. The fourth-order valence-corrected chi connectivity index (χ4v) is 14.6. The zero-order chi connectivity index (χ0) is 28.8. The van der Waals surface area contributed by atoms with Gasteiger partial charge in [-0.05, 0) is 85.1 Å². The molecule has 0 bridgehead atoms. The van der Waals surface area contributed by atoms with E-state index in [1.165, 1.54) is 70.4 Å². The predicted molar refractivity (Wildman–Crippen MR) is 156 cm³/mol. The minimum Gasteiger partial charge on any atom is -0.418 e. The fraction of sp³-hybridized carbons (Fsp3) is 1.00. The maximum atomic E-state index is 9.75. The normalized spacial score (nSPS) is 13.2. The van der Waals surface area contributed by atoms with Gasteiger partial charge < -0.3 is 34.5 Å². The van der Waals surface area contributed by atoms with Crippen LogP contribution >= 0.6 is 17.2 Å². The molecule has 0 aliphatic rings.